The third kappa shape index (κ3) is 5.56. The van der Waals surface area contributed by atoms with Crippen LogP contribution in [-0.4, -0.2) is 55.3 Å². The van der Waals surface area contributed by atoms with E-state index in [1.807, 2.05) is 19.1 Å². The topological polar surface area (TPSA) is 42.0 Å². The van der Waals surface area contributed by atoms with E-state index in [4.69, 9.17) is 9.47 Å². The Kier molecular flexibility index (Phi) is 7.72. The predicted molar refractivity (Wildman–Crippen MR) is 138 cm³/mol. The maximum absolute atomic E-state index is 14.2. The van der Waals surface area contributed by atoms with Crippen LogP contribution in [0, 0.1) is 17.5 Å². The molecular weight excluding hydrogens is 493 g/mol. The molecule has 5 nitrogen and oxygen atoms in total. The maximum Gasteiger partial charge on any atom is 0.411 e. The molecule has 2 saturated heterocycles. The molecule has 38 heavy (non-hydrogen) atoms. The first-order chi connectivity index (χ1) is 18.3. The number of rotatable bonds is 7. The van der Waals surface area contributed by atoms with Crippen LogP contribution in [0.3, 0.4) is 0 Å². The Morgan fingerprint density at radius 3 is 2.24 bits per heavy atom. The van der Waals surface area contributed by atoms with Crippen molar-refractivity contribution in [3.8, 4) is 11.1 Å². The summed E-state index contributed by atoms with van der Waals surface area (Å²) in [6.45, 7) is 6.15. The van der Waals surface area contributed by atoms with Gasteiger partial charge in [-0.1, -0.05) is 36.4 Å². The molecule has 2 atom stereocenters. The van der Waals surface area contributed by atoms with E-state index in [-0.39, 0.29) is 11.9 Å². The predicted octanol–water partition coefficient (Wildman–Crippen LogP) is 6.29. The summed E-state index contributed by atoms with van der Waals surface area (Å²) in [5.74, 6) is -1.58. The van der Waals surface area contributed by atoms with E-state index < -0.39 is 23.3 Å². The van der Waals surface area contributed by atoms with Crippen molar-refractivity contribution in [3.63, 3.8) is 0 Å². The number of hydrogen-bond acceptors (Lipinski definition) is 4. The molecule has 2 heterocycles. The van der Waals surface area contributed by atoms with Crippen LogP contribution in [0.4, 0.5) is 18.0 Å². The quantitative estimate of drug-likeness (QED) is 0.364. The lowest BCUT2D eigenvalue weighted by molar-refractivity contribution is -0.0726. The van der Waals surface area contributed by atoms with Crippen molar-refractivity contribution in [3.05, 3.63) is 95.3 Å². The zero-order valence-corrected chi connectivity index (χ0v) is 21.3. The van der Waals surface area contributed by atoms with Crippen LogP contribution in [0.25, 0.3) is 11.1 Å². The molecule has 2 aliphatic heterocycles. The maximum atomic E-state index is 14.2. The van der Waals surface area contributed by atoms with Crippen molar-refractivity contribution in [1.82, 2.24) is 9.80 Å². The highest BCUT2D eigenvalue weighted by atomic mass is 19.1. The van der Waals surface area contributed by atoms with Crippen LogP contribution in [0.15, 0.2) is 66.7 Å². The van der Waals surface area contributed by atoms with Gasteiger partial charge in [-0.15, -0.1) is 0 Å². The van der Waals surface area contributed by atoms with E-state index in [2.05, 4.69) is 4.90 Å². The summed E-state index contributed by atoms with van der Waals surface area (Å²) in [4.78, 5) is 17.4. The van der Waals surface area contributed by atoms with Crippen molar-refractivity contribution in [2.24, 2.45) is 0 Å². The zero-order valence-electron chi connectivity index (χ0n) is 21.3. The third-order valence-corrected chi connectivity index (χ3v) is 7.68. The Bertz CT molecular complexity index is 1260. The monoisotopic (exact) mass is 524 g/mol. The number of morpholine rings is 1. The minimum atomic E-state index is -0.844. The Morgan fingerprint density at radius 1 is 0.895 bits per heavy atom. The summed E-state index contributed by atoms with van der Waals surface area (Å²) in [5.41, 5.74) is 1.75. The van der Waals surface area contributed by atoms with Gasteiger partial charge in [-0.3, -0.25) is 4.90 Å². The van der Waals surface area contributed by atoms with Gasteiger partial charge < -0.3 is 14.4 Å². The second-order valence-electron chi connectivity index (χ2n) is 9.94. The first-order valence-corrected chi connectivity index (χ1v) is 13.0. The molecule has 0 saturated carbocycles. The number of nitrogens with zero attached hydrogens (tertiary/aromatic N) is 2. The van der Waals surface area contributed by atoms with Crippen molar-refractivity contribution in [2.45, 2.75) is 31.4 Å². The number of cyclic esters (lactones) is 1. The minimum Gasteiger partial charge on any atom is -0.438 e. The van der Waals surface area contributed by atoms with Crippen LogP contribution in [0.5, 0.6) is 0 Å². The number of amides is 1. The van der Waals surface area contributed by atoms with Crippen molar-refractivity contribution >= 4 is 6.09 Å². The van der Waals surface area contributed by atoms with Gasteiger partial charge in [0.2, 0.25) is 0 Å². The van der Waals surface area contributed by atoms with Crippen LogP contribution >= 0.6 is 0 Å². The SMILES string of the molecule is C[C@@H](c1ccc(-c2ccc(F)cc2F)cc1)N1CC[C@](CCN2CCOCC2)(c2ccc(F)cc2)OC1=O. The second kappa shape index (κ2) is 11.2. The number of halogens is 3. The Hall–Kier alpha value is -3.36. The number of carbonyl (C=O) groups excluding carboxylic acids is 1. The Labute approximate surface area is 220 Å². The first kappa shape index (κ1) is 26.3. The summed E-state index contributed by atoms with van der Waals surface area (Å²) in [5, 5.41) is 0. The van der Waals surface area contributed by atoms with Gasteiger partial charge >= 0.3 is 6.09 Å². The zero-order chi connectivity index (χ0) is 26.7. The van der Waals surface area contributed by atoms with Crippen molar-refractivity contribution in [1.29, 1.82) is 0 Å². The number of ether oxygens (including phenoxy) is 2. The van der Waals surface area contributed by atoms with Crippen LogP contribution in [0.2, 0.25) is 0 Å². The average molecular weight is 525 g/mol. The molecule has 0 unspecified atom stereocenters. The van der Waals surface area contributed by atoms with Crippen LogP contribution in [-0.2, 0) is 15.1 Å². The number of carbonyl (C=O) groups is 1. The summed E-state index contributed by atoms with van der Waals surface area (Å²) >= 11 is 0. The molecule has 0 spiro atoms. The molecule has 0 N–H and O–H groups in total. The highest BCUT2D eigenvalue weighted by molar-refractivity contribution is 5.70. The number of hydrogen-bond donors (Lipinski definition) is 0. The summed E-state index contributed by atoms with van der Waals surface area (Å²) in [6.07, 6.45) is 0.742. The molecule has 3 aromatic carbocycles. The first-order valence-electron chi connectivity index (χ1n) is 13.0. The molecule has 2 aliphatic rings. The highest BCUT2D eigenvalue weighted by Gasteiger charge is 2.43. The van der Waals surface area contributed by atoms with Gasteiger partial charge in [-0.2, -0.15) is 0 Å². The molecule has 8 heteroatoms. The molecule has 200 valence electrons. The van der Waals surface area contributed by atoms with Gasteiger partial charge in [0.05, 0.1) is 19.3 Å². The normalized spacial score (nSPS) is 21.3. The van der Waals surface area contributed by atoms with E-state index in [0.717, 1.165) is 36.8 Å². The van der Waals surface area contributed by atoms with Crippen molar-refractivity contribution in [2.75, 3.05) is 39.4 Å². The molecule has 3 aromatic rings. The lowest BCUT2D eigenvalue weighted by Crippen LogP contribution is -2.50. The smallest absolute Gasteiger partial charge is 0.411 e. The molecule has 0 aromatic heterocycles. The fourth-order valence-electron chi connectivity index (χ4n) is 5.31. The van der Waals surface area contributed by atoms with E-state index in [1.54, 1.807) is 29.2 Å². The molecule has 0 bridgehead atoms. The van der Waals surface area contributed by atoms with Gasteiger partial charge in [0, 0.05) is 50.7 Å². The van der Waals surface area contributed by atoms with Crippen LogP contribution in [0.1, 0.15) is 36.9 Å². The van der Waals surface area contributed by atoms with Crippen molar-refractivity contribution < 1.29 is 27.4 Å². The average Bonchev–Trinajstić information content (AvgIpc) is 2.93. The van der Waals surface area contributed by atoms with Gasteiger partial charge in [0.1, 0.15) is 23.1 Å². The summed E-state index contributed by atoms with van der Waals surface area (Å²) < 4.78 is 52.8. The van der Waals surface area contributed by atoms with Gasteiger partial charge in [-0.05, 0) is 47.9 Å². The summed E-state index contributed by atoms with van der Waals surface area (Å²) in [7, 11) is 0. The molecule has 0 radical (unpaired) electrons. The molecule has 1 amide bonds. The fourth-order valence-corrected chi connectivity index (χ4v) is 5.31. The van der Waals surface area contributed by atoms with E-state index in [0.29, 0.717) is 43.7 Å². The van der Waals surface area contributed by atoms with E-state index in [9.17, 15) is 18.0 Å². The standard InChI is InChI=1S/C30H31F3N2O3/c1-21(22-2-4-23(5-3-22)27-11-10-26(32)20-28(27)33)35-15-13-30(38-29(35)36,24-6-8-25(31)9-7-24)12-14-34-16-18-37-19-17-34/h2-11,20-21H,12-19H2,1H3/t21-,30+/m0/s1. The lowest BCUT2D eigenvalue weighted by Gasteiger charge is -2.44. The molecule has 0 aliphatic carbocycles. The molecule has 2 fully saturated rings. The van der Waals surface area contributed by atoms with Gasteiger partial charge in [-0.25, -0.2) is 18.0 Å². The van der Waals surface area contributed by atoms with Crippen LogP contribution < -0.4 is 0 Å². The third-order valence-electron chi connectivity index (χ3n) is 7.68. The Balaban J connectivity index is 1.32. The lowest BCUT2D eigenvalue weighted by atomic mass is 9.85. The number of benzene rings is 3. The second-order valence-corrected chi connectivity index (χ2v) is 9.94. The largest absolute Gasteiger partial charge is 0.438 e. The fraction of sp³-hybridized carbons (Fsp3) is 0.367. The molecular formula is C30H31F3N2O3. The minimum absolute atomic E-state index is 0.278. The summed E-state index contributed by atoms with van der Waals surface area (Å²) in [6, 6.07) is 16.7. The Morgan fingerprint density at radius 2 is 1.58 bits per heavy atom. The highest BCUT2D eigenvalue weighted by Crippen LogP contribution is 2.40. The van der Waals surface area contributed by atoms with E-state index >= 15 is 0 Å². The van der Waals surface area contributed by atoms with Gasteiger partial charge in [0.15, 0.2) is 0 Å². The van der Waals surface area contributed by atoms with E-state index in [1.165, 1.54) is 24.3 Å². The van der Waals surface area contributed by atoms with Gasteiger partial charge in [0.25, 0.3) is 0 Å². The molecule has 5 rings (SSSR count).